The van der Waals surface area contributed by atoms with Gasteiger partial charge in [-0.2, -0.15) is 0 Å². The van der Waals surface area contributed by atoms with E-state index in [-0.39, 0.29) is 17.4 Å². The van der Waals surface area contributed by atoms with Gasteiger partial charge < -0.3 is 15.2 Å². The van der Waals surface area contributed by atoms with E-state index < -0.39 is 0 Å². The summed E-state index contributed by atoms with van der Waals surface area (Å²) in [4.78, 5) is 12.9. The van der Waals surface area contributed by atoms with Gasteiger partial charge in [-0.05, 0) is 64.1 Å². The van der Waals surface area contributed by atoms with E-state index in [1.54, 1.807) is 0 Å². The number of aromatic nitrogens is 1. The number of para-hydroxylation sites is 1. The van der Waals surface area contributed by atoms with Crippen molar-refractivity contribution < 1.29 is 4.79 Å². The second-order valence-corrected chi connectivity index (χ2v) is 8.67. The van der Waals surface area contributed by atoms with Gasteiger partial charge >= 0.3 is 0 Å². The standard InChI is InChI=1S/C21H27N3O/c1-12-6-4-7-13-18(16-8-5-9-24(16)19(12)13)21(2,3)23-20(25)17-14-10-22-11-15(14)17/h4,6-7,14-15,17,22H,5,8-11H2,1-3H3,(H,23,25)/t14-,15?,17?/m0/s1. The van der Waals surface area contributed by atoms with Crippen molar-refractivity contribution >= 4 is 16.8 Å². The predicted molar refractivity (Wildman–Crippen MR) is 99.5 cm³/mol. The zero-order valence-electron chi connectivity index (χ0n) is 15.4. The highest BCUT2D eigenvalue weighted by atomic mass is 16.2. The van der Waals surface area contributed by atoms with Crippen LogP contribution in [0.15, 0.2) is 18.2 Å². The van der Waals surface area contributed by atoms with Crippen molar-refractivity contribution in [3.8, 4) is 0 Å². The first kappa shape index (κ1) is 15.4. The van der Waals surface area contributed by atoms with Crippen molar-refractivity contribution in [1.82, 2.24) is 15.2 Å². The lowest BCUT2D eigenvalue weighted by molar-refractivity contribution is -0.124. The Morgan fingerprint density at radius 2 is 2.04 bits per heavy atom. The van der Waals surface area contributed by atoms with E-state index >= 15 is 0 Å². The second kappa shape index (κ2) is 5.10. The van der Waals surface area contributed by atoms with Crippen LogP contribution < -0.4 is 10.6 Å². The van der Waals surface area contributed by atoms with Gasteiger partial charge in [0.15, 0.2) is 0 Å². The predicted octanol–water partition coefficient (Wildman–Crippen LogP) is 2.71. The molecule has 2 aromatic rings. The number of carbonyl (C=O) groups excluding carboxylic acids is 1. The number of carbonyl (C=O) groups is 1. The summed E-state index contributed by atoms with van der Waals surface area (Å²) in [5, 5.41) is 8.11. The minimum Gasteiger partial charge on any atom is -0.347 e. The lowest BCUT2D eigenvalue weighted by atomic mass is 9.89. The number of hydrogen-bond donors (Lipinski definition) is 2. The first-order chi connectivity index (χ1) is 12.0. The summed E-state index contributed by atoms with van der Waals surface area (Å²) in [6, 6.07) is 6.57. The number of nitrogens with zero attached hydrogens (tertiary/aromatic N) is 1. The van der Waals surface area contributed by atoms with Crippen molar-refractivity contribution in [2.24, 2.45) is 17.8 Å². The first-order valence-corrected chi connectivity index (χ1v) is 9.63. The zero-order valence-corrected chi connectivity index (χ0v) is 15.4. The number of amides is 1. The molecule has 0 radical (unpaired) electrons. The van der Waals surface area contributed by atoms with Gasteiger partial charge in [-0.3, -0.25) is 4.79 Å². The van der Waals surface area contributed by atoms with E-state index in [0.717, 1.165) is 26.1 Å². The molecule has 3 atom stereocenters. The third-order valence-corrected chi connectivity index (χ3v) is 6.64. The molecule has 3 aliphatic rings. The van der Waals surface area contributed by atoms with Gasteiger partial charge in [0.25, 0.3) is 0 Å². The van der Waals surface area contributed by atoms with E-state index in [9.17, 15) is 4.79 Å². The number of aryl methyl sites for hydroxylation is 2. The van der Waals surface area contributed by atoms with Crippen LogP contribution >= 0.6 is 0 Å². The highest BCUT2D eigenvalue weighted by molar-refractivity contribution is 5.91. The van der Waals surface area contributed by atoms with Gasteiger partial charge in [0.2, 0.25) is 5.91 Å². The lowest BCUT2D eigenvalue weighted by Crippen LogP contribution is -2.43. The third-order valence-electron chi connectivity index (χ3n) is 6.64. The van der Waals surface area contributed by atoms with Crippen LogP contribution in [-0.4, -0.2) is 23.6 Å². The third kappa shape index (κ3) is 2.13. The van der Waals surface area contributed by atoms with Crippen LogP contribution in [0.4, 0.5) is 0 Å². The SMILES string of the molecule is Cc1cccc2c(C(C)(C)NC(=O)C3C4CNC[C@@H]43)c3n(c12)CCC3. The molecule has 4 heteroatoms. The normalized spacial score (nSPS) is 27.4. The van der Waals surface area contributed by atoms with Crippen LogP contribution in [0.5, 0.6) is 0 Å². The molecule has 132 valence electrons. The van der Waals surface area contributed by atoms with E-state index in [2.05, 4.69) is 54.2 Å². The van der Waals surface area contributed by atoms with E-state index in [1.165, 1.54) is 34.1 Å². The molecule has 2 unspecified atom stereocenters. The van der Waals surface area contributed by atoms with Gasteiger partial charge in [0, 0.05) is 29.1 Å². The summed E-state index contributed by atoms with van der Waals surface area (Å²) in [6.45, 7) is 9.66. The van der Waals surface area contributed by atoms with E-state index in [0.29, 0.717) is 11.8 Å². The zero-order chi connectivity index (χ0) is 17.3. The van der Waals surface area contributed by atoms with Crippen molar-refractivity contribution in [3.05, 3.63) is 35.0 Å². The van der Waals surface area contributed by atoms with Crippen molar-refractivity contribution in [2.75, 3.05) is 13.1 Å². The molecule has 3 heterocycles. The lowest BCUT2D eigenvalue weighted by Gasteiger charge is -2.28. The highest BCUT2D eigenvalue weighted by Crippen LogP contribution is 2.49. The molecule has 1 saturated carbocycles. The Morgan fingerprint density at radius 3 is 2.80 bits per heavy atom. The summed E-state index contributed by atoms with van der Waals surface area (Å²) >= 11 is 0. The van der Waals surface area contributed by atoms with Crippen molar-refractivity contribution in [2.45, 2.75) is 45.7 Å². The van der Waals surface area contributed by atoms with E-state index in [4.69, 9.17) is 0 Å². The summed E-state index contributed by atoms with van der Waals surface area (Å²) in [7, 11) is 0. The number of rotatable bonds is 3. The minimum absolute atomic E-state index is 0.226. The second-order valence-electron chi connectivity index (χ2n) is 8.67. The molecule has 2 fully saturated rings. The monoisotopic (exact) mass is 337 g/mol. The van der Waals surface area contributed by atoms with Crippen LogP contribution in [0.2, 0.25) is 0 Å². The Morgan fingerprint density at radius 1 is 1.28 bits per heavy atom. The largest absolute Gasteiger partial charge is 0.347 e. The van der Waals surface area contributed by atoms with Gasteiger partial charge in [-0.15, -0.1) is 0 Å². The van der Waals surface area contributed by atoms with Crippen molar-refractivity contribution in [3.63, 3.8) is 0 Å². The molecule has 0 spiro atoms. The average Bonchev–Trinajstić information content (AvgIpc) is 2.94. The average molecular weight is 337 g/mol. The number of nitrogens with one attached hydrogen (secondary N) is 2. The maximum Gasteiger partial charge on any atom is 0.224 e. The summed E-state index contributed by atoms with van der Waals surface area (Å²) in [6.07, 6.45) is 2.32. The Hall–Kier alpha value is -1.81. The Balaban J connectivity index is 1.54. The molecule has 2 N–H and O–H groups in total. The fourth-order valence-corrected chi connectivity index (χ4v) is 5.51. The van der Waals surface area contributed by atoms with Crippen molar-refractivity contribution in [1.29, 1.82) is 0 Å². The Bertz CT molecular complexity index is 869. The van der Waals surface area contributed by atoms with Gasteiger partial charge in [-0.1, -0.05) is 18.2 Å². The fourth-order valence-electron chi connectivity index (χ4n) is 5.51. The highest BCUT2D eigenvalue weighted by Gasteiger charge is 2.57. The molecule has 1 aromatic carbocycles. The van der Waals surface area contributed by atoms with Crippen LogP contribution in [0.3, 0.4) is 0 Å². The Labute approximate surface area is 149 Å². The molecule has 4 nitrogen and oxygen atoms in total. The molecule has 5 rings (SSSR count). The molecule has 25 heavy (non-hydrogen) atoms. The minimum atomic E-state index is -0.335. The molecule has 1 saturated heterocycles. The molecular formula is C21H27N3O. The fraction of sp³-hybridized carbons (Fsp3) is 0.571. The number of piperidine rings is 1. The van der Waals surface area contributed by atoms with Gasteiger partial charge in [0.1, 0.15) is 0 Å². The Kier molecular flexibility index (Phi) is 3.15. The van der Waals surface area contributed by atoms with Crippen LogP contribution in [0.25, 0.3) is 10.9 Å². The number of benzene rings is 1. The molecule has 1 amide bonds. The quantitative estimate of drug-likeness (QED) is 0.905. The summed E-state index contributed by atoms with van der Waals surface area (Å²) in [5.74, 6) is 1.61. The van der Waals surface area contributed by atoms with Crippen LogP contribution in [-0.2, 0) is 23.3 Å². The maximum absolute atomic E-state index is 12.9. The number of hydrogen-bond acceptors (Lipinski definition) is 2. The van der Waals surface area contributed by atoms with Crippen LogP contribution in [0.1, 0.15) is 37.1 Å². The first-order valence-electron chi connectivity index (χ1n) is 9.63. The summed E-state index contributed by atoms with van der Waals surface area (Å²) < 4.78 is 2.49. The van der Waals surface area contributed by atoms with Crippen LogP contribution in [0, 0.1) is 24.7 Å². The molecule has 0 bridgehead atoms. The molecule has 1 aliphatic carbocycles. The topological polar surface area (TPSA) is 46.1 Å². The van der Waals surface area contributed by atoms with E-state index in [1.807, 2.05) is 0 Å². The van der Waals surface area contributed by atoms with Gasteiger partial charge in [0.05, 0.1) is 11.1 Å². The molecule has 2 aliphatic heterocycles. The van der Waals surface area contributed by atoms with Gasteiger partial charge in [-0.25, -0.2) is 0 Å². The maximum atomic E-state index is 12.9. The molecular weight excluding hydrogens is 310 g/mol. The smallest absolute Gasteiger partial charge is 0.224 e. The number of fused-ring (bicyclic) bond motifs is 4. The summed E-state index contributed by atoms with van der Waals surface area (Å²) in [5.41, 5.74) is 5.11. The molecule has 1 aromatic heterocycles.